The van der Waals surface area contributed by atoms with E-state index in [0.717, 1.165) is 10.8 Å². The predicted octanol–water partition coefficient (Wildman–Crippen LogP) is 7.41. The van der Waals surface area contributed by atoms with Crippen molar-refractivity contribution in [2.75, 3.05) is 28.4 Å². The third-order valence-corrected chi connectivity index (χ3v) is 5.27. The largest absolute Gasteiger partial charge is 0.506 e. The quantitative estimate of drug-likeness (QED) is 0.269. The molecule has 0 aromatic heterocycles. The van der Waals surface area contributed by atoms with Gasteiger partial charge >= 0.3 is 0 Å². The predicted molar refractivity (Wildman–Crippen MR) is 133 cm³/mol. The molecule has 4 aromatic rings. The third kappa shape index (κ3) is 4.98. The number of ether oxygens (including phenoxy) is 4. The standard InChI is InChI=1S/C26H24N4O5/c1-32-17-10-12-23(33-2)19(13-17)27-28-20-14-25(35-4)21(15-24(20)34-3)29-30-26-18-8-6-5-7-16(18)9-11-22(26)31/h5-15,31H,1-4H3. The molecule has 1 N–H and O–H groups in total. The van der Waals surface area contributed by atoms with Crippen molar-refractivity contribution < 1.29 is 24.1 Å². The van der Waals surface area contributed by atoms with Crippen LogP contribution in [0.2, 0.25) is 0 Å². The smallest absolute Gasteiger partial charge is 0.148 e. The number of fused-ring (bicyclic) bond motifs is 1. The van der Waals surface area contributed by atoms with Gasteiger partial charge < -0.3 is 24.1 Å². The van der Waals surface area contributed by atoms with Gasteiger partial charge in [0.15, 0.2) is 0 Å². The lowest BCUT2D eigenvalue weighted by molar-refractivity contribution is 0.403. The Morgan fingerprint density at radius 3 is 1.80 bits per heavy atom. The molecule has 0 fully saturated rings. The highest BCUT2D eigenvalue weighted by atomic mass is 16.5. The minimum Gasteiger partial charge on any atom is -0.506 e. The number of phenols is 1. The van der Waals surface area contributed by atoms with E-state index in [2.05, 4.69) is 20.5 Å². The summed E-state index contributed by atoms with van der Waals surface area (Å²) >= 11 is 0. The van der Waals surface area contributed by atoms with Gasteiger partial charge in [0.2, 0.25) is 0 Å². The van der Waals surface area contributed by atoms with Crippen LogP contribution in [-0.2, 0) is 0 Å². The summed E-state index contributed by atoms with van der Waals surface area (Å²) in [6.07, 6.45) is 0. The SMILES string of the molecule is COc1ccc(OC)c(N=Nc2cc(OC)c(N=Nc3c(O)ccc4ccccc34)cc2OC)c1. The molecule has 0 bridgehead atoms. The Hall–Kier alpha value is -4.66. The van der Waals surface area contributed by atoms with Crippen LogP contribution in [0.25, 0.3) is 10.8 Å². The normalized spacial score (nSPS) is 11.3. The van der Waals surface area contributed by atoms with Crippen LogP contribution in [0.15, 0.2) is 87.2 Å². The fraction of sp³-hybridized carbons (Fsp3) is 0.154. The number of nitrogens with zero attached hydrogens (tertiary/aromatic N) is 4. The molecule has 0 atom stereocenters. The van der Waals surface area contributed by atoms with Gasteiger partial charge in [0.05, 0.1) is 28.4 Å². The lowest BCUT2D eigenvalue weighted by atomic mass is 10.1. The van der Waals surface area contributed by atoms with Gasteiger partial charge in [-0.25, -0.2) is 0 Å². The number of hydrogen-bond donors (Lipinski definition) is 1. The molecule has 4 aromatic carbocycles. The number of rotatable bonds is 8. The second kappa shape index (κ2) is 10.5. The summed E-state index contributed by atoms with van der Waals surface area (Å²) in [6, 6.07) is 19.5. The van der Waals surface area contributed by atoms with Gasteiger partial charge in [-0.05, 0) is 23.6 Å². The molecule has 0 amide bonds. The van der Waals surface area contributed by atoms with Crippen molar-refractivity contribution >= 4 is 33.5 Å². The fourth-order valence-corrected chi connectivity index (χ4v) is 3.46. The van der Waals surface area contributed by atoms with E-state index in [9.17, 15) is 5.11 Å². The Morgan fingerprint density at radius 1 is 0.571 bits per heavy atom. The van der Waals surface area contributed by atoms with Crippen LogP contribution >= 0.6 is 0 Å². The molecule has 0 radical (unpaired) electrons. The van der Waals surface area contributed by atoms with Gasteiger partial charge in [-0.1, -0.05) is 30.3 Å². The Bertz CT molecular complexity index is 1420. The van der Waals surface area contributed by atoms with Crippen LogP contribution in [-0.4, -0.2) is 33.5 Å². The van der Waals surface area contributed by atoms with Crippen molar-refractivity contribution in [3.63, 3.8) is 0 Å². The molecule has 0 spiro atoms. The van der Waals surface area contributed by atoms with Crippen LogP contribution in [0.1, 0.15) is 0 Å². The second-order valence-electron chi connectivity index (χ2n) is 7.29. The first-order valence-electron chi connectivity index (χ1n) is 10.6. The summed E-state index contributed by atoms with van der Waals surface area (Å²) < 4.78 is 21.6. The number of aromatic hydroxyl groups is 1. The summed E-state index contributed by atoms with van der Waals surface area (Å²) in [5.41, 5.74) is 1.66. The summed E-state index contributed by atoms with van der Waals surface area (Å²) in [5.74, 6) is 2.00. The van der Waals surface area contributed by atoms with Crippen LogP contribution in [0.5, 0.6) is 28.7 Å². The number of azo groups is 2. The van der Waals surface area contributed by atoms with Crippen LogP contribution < -0.4 is 18.9 Å². The molecule has 0 saturated carbocycles. The minimum absolute atomic E-state index is 0.0241. The molecule has 178 valence electrons. The molecule has 35 heavy (non-hydrogen) atoms. The molecule has 9 heteroatoms. The van der Waals surface area contributed by atoms with Crippen LogP contribution in [0.3, 0.4) is 0 Å². The van der Waals surface area contributed by atoms with Gasteiger partial charge in [0, 0.05) is 23.6 Å². The summed E-state index contributed by atoms with van der Waals surface area (Å²) in [4.78, 5) is 0. The van der Waals surface area contributed by atoms with Gasteiger partial charge in [0.25, 0.3) is 0 Å². The first kappa shape index (κ1) is 23.5. The molecule has 4 rings (SSSR count). The number of hydrogen-bond acceptors (Lipinski definition) is 9. The lowest BCUT2D eigenvalue weighted by Gasteiger charge is -2.10. The van der Waals surface area contributed by atoms with Crippen molar-refractivity contribution in [2.24, 2.45) is 20.5 Å². The van der Waals surface area contributed by atoms with E-state index in [1.807, 2.05) is 30.3 Å². The molecule has 0 aliphatic heterocycles. The first-order valence-corrected chi connectivity index (χ1v) is 10.6. The van der Waals surface area contributed by atoms with Crippen molar-refractivity contribution in [3.8, 4) is 28.7 Å². The van der Waals surface area contributed by atoms with E-state index < -0.39 is 0 Å². The zero-order valence-corrected chi connectivity index (χ0v) is 19.7. The van der Waals surface area contributed by atoms with E-state index >= 15 is 0 Å². The van der Waals surface area contributed by atoms with Gasteiger partial charge in [-0.15, -0.1) is 20.5 Å². The molecule has 9 nitrogen and oxygen atoms in total. The topological polar surface area (TPSA) is 107 Å². The van der Waals surface area contributed by atoms with E-state index in [0.29, 0.717) is 45.7 Å². The van der Waals surface area contributed by atoms with Gasteiger partial charge in [-0.3, -0.25) is 0 Å². The molecular formula is C26H24N4O5. The average molecular weight is 473 g/mol. The summed E-state index contributed by atoms with van der Waals surface area (Å²) in [5, 5.41) is 29.3. The zero-order chi connectivity index (χ0) is 24.8. The minimum atomic E-state index is 0.0241. The number of phenolic OH excluding ortho intramolecular Hbond substituents is 1. The lowest BCUT2D eigenvalue weighted by Crippen LogP contribution is -1.88. The fourth-order valence-electron chi connectivity index (χ4n) is 3.46. The monoisotopic (exact) mass is 472 g/mol. The van der Waals surface area contributed by atoms with E-state index in [-0.39, 0.29) is 5.75 Å². The van der Waals surface area contributed by atoms with E-state index in [1.54, 1.807) is 50.6 Å². The van der Waals surface area contributed by atoms with Crippen molar-refractivity contribution in [2.45, 2.75) is 0 Å². The molecule has 0 saturated heterocycles. The van der Waals surface area contributed by atoms with E-state index in [1.165, 1.54) is 14.2 Å². The molecule has 0 unspecified atom stereocenters. The highest BCUT2D eigenvalue weighted by Crippen LogP contribution is 2.43. The molecule has 0 heterocycles. The Labute approximate surface area is 202 Å². The summed E-state index contributed by atoms with van der Waals surface area (Å²) in [7, 11) is 6.16. The maximum Gasteiger partial charge on any atom is 0.148 e. The Morgan fingerprint density at radius 2 is 1.17 bits per heavy atom. The van der Waals surface area contributed by atoms with Crippen LogP contribution in [0.4, 0.5) is 22.7 Å². The number of benzene rings is 4. The van der Waals surface area contributed by atoms with Gasteiger partial charge in [-0.2, -0.15) is 0 Å². The third-order valence-electron chi connectivity index (χ3n) is 5.27. The Kier molecular flexibility index (Phi) is 7.06. The maximum absolute atomic E-state index is 10.4. The number of methoxy groups -OCH3 is 4. The second-order valence-corrected chi connectivity index (χ2v) is 7.29. The molecule has 0 aliphatic rings. The Balaban J connectivity index is 1.72. The molecular weight excluding hydrogens is 448 g/mol. The highest BCUT2D eigenvalue weighted by molar-refractivity contribution is 5.95. The van der Waals surface area contributed by atoms with Gasteiger partial charge in [0.1, 0.15) is 51.5 Å². The zero-order valence-electron chi connectivity index (χ0n) is 19.7. The average Bonchev–Trinajstić information content (AvgIpc) is 2.90. The first-order chi connectivity index (χ1) is 17.1. The van der Waals surface area contributed by atoms with Crippen molar-refractivity contribution in [1.29, 1.82) is 0 Å². The van der Waals surface area contributed by atoms with Crippen molar-refractivity contribution in [1.82, 2.24) is 0 Å². The molecule has 0 aliphatic carbocycles. The highest BCUT2D eigenvalue weighted by Gasteiger charge is 2.13. The maximum atomic E-state index is 10.4. The van der Waals surface area contributed by atoms with Crippen LogP contribution in [0, 0.1) is 0 Å². The van der Waals surface area contributed by atoms with Crippen molar-refractivity contribution in [3.05, 3.63) is 66.7 Å². The summed E-state index contributed by atoms with van der Waals surface area (Å²) in [6.45, 7) is 0. The van der Waals surface area contributed by atoms with E-state index in [4.69, 9.17) is 18.9 Å².